The second kappa shape index (κ2) is 9.07. The summed E-state index contributed by atoms with van der Waals surface area (Å²) in [6.07, 6.45) is 0. The monoisotopic (exact) mass is 426 g/mol. The topological polar surface area (TPSA) is 92.9 Å². The summed E-state index contributed by atoms with van der Waals surface area (Å²) < 4.78 is 26.9. The Morgan fingerprint density at radius 3 is 2.06 bits per heavy atom. The summed E-state index contributed by atoms with van der Waals surface area (Å²) in [4.78, 5) is 12.3. The number of benzene rings is 2. The Balaban J connectivity index is 1.71. The minimum atomic E-state index is -0.465. The summed E-state index contributed by atoms with van der Waals surface area (Å²) in [6.45, 7) is 6.20. The molecule has 0 atom stereocenters. The summed E-state index contributed by atoms with van der Waals surface area (Å²) in [5, 5.41) is 7.97. The highest BCUT2D eigenvalue weighted by molar-refractivity contribution is 5.89. The molecule has 0 radical (unpaired) electrons. The summed E-state index contributed by atoms with van der Waals surface area (Å²) in [5.41, 5.74) is 2.18. The van der Waals surface area contributed by atoms with Crippen LogP contribution >= 0.6 is 0 Å². The lowest BCUT2D eigenvalue weighted by atomic mass is 9.87. The lowest BCUT2D eigenvalue weighted by Gasteiger charge is -2.18. The second-order valence-electron chi connectivity index (χ2n) is 7.82. The van der Waals surface area contributed by atoms with Crippen LogP contribution in [-0.2, 0) is 16.8 Å². The van der Waals surface area contributed by atoms with Gasteiger partial charge in [0.25, 0.3) is 5.89 Å². The van der Waals surface area contributed by atoms with Crippen molar-refractivity contribution in [2.24, 2.45) is 0 Å². The molecule has 0 saturated heterocycles. The van der Waals surface area contributed by atoms with E-state index in [2.05, 4.69) is 31.0 Å². The van der Waals surface area contributed by atoms with Crippen molar-refractivity contribution < 1.29 is 28.2 Å². The molecule has 3 aromatic rings. The fourth-order valence-electron chi connectivity index (χ4n) is 2.95. The van der Waals surface area contributed by atoms with E-state index in [9.17, 15) is 4.79 Å². The normalized spacial score (nSPS) is 11.2. The van der Waals surface area contributed by atoms with Crippen molar-refractivity contribution in [2.45, 2.75) is 32.8 Å². The highest BCUT2D eigenvalue weighted by atomic mass is 16.5. The molecule has 0 aliphatic rings. The third-order valence-electron chi connectivity index (χ3n) is 4.69. The maximum absolute atomic E-state index is 12.3. The molecule has 0 bridgehead atoms. The van der Waals surface area contributed by atoms with Crippen LogP contribution in [0, 0.1) is 0 Å². The predicted octanol–water partition coefficient (Wildman–Crippen LogP) is 4.42. The van der Waals surface area contributed by atoms with Gasteiger partial charge in [-0.2, -0.15) is 0 Å². The van der Waals surface area contributed by atoms with Crippen LogP contribution in [0.1, 0.15) is 42.6 Å². The molecule has 0 aliphatic carbocycles. The van der Waals surface area contributed by atoms with Crippen molar-refractivity contribution in [3.8, 4) is 28.7 Å². The molecule has 164 valence electrons. The molecular weight excluding hydrogens is 400 g/mol. The fraction of sp³-hybridized carbons (Fsp3) is 0.348. The van der Waals surface area contributed by atoms with Crippen LogP contribution in [-0.4, -0.2) is 37.5 Å². The molecule has 8 nitrogen and oxygen atoms in total. The van der Waals surface area contributed by atoms with Gasteiger partial charge in [0, 0.05) is 5.56 Å². The molecular formula is C23H26N2O6. The molecule has 1 aromatic heterocycles. The number of aromatic nitrogens is 2. The first-order chi connectivity index (χ1) is 14.8. The van der Waals surface area contributed by atoms with E-state index in [1.807, 2.05) is 12.1 Å². The van der Waals surface area contributed by atoms with Gasteiger partial charge in [0.15, 0.2) is 18.1 Å². The first kappa shape index (κ1) is 22.1. The zero-order valence-electron chi connectivity index (χ0n) is 18.5. The Bertz CT molecular complexity index is 1030. The maximum atomic E-state index is 12.3. The van der Waals surface area contributed by atoms with Crippen molar-refractivity contribution in [1.82, 2.24) is 10.2 Å². The fourth-order valence-corrected chi connectivity index (χ4v) is 2.95. The second-order valence-corrected chi connectivity index (χ2v) is 7.82. The number of carbonyl (C=O) groups is 1. The molecule has 3 rings (SSSR count). The van der Waals surface area contributed by atoms with E-state index in [4.69, 9.17) is 23.4 Å². The average molecular weight is 426 g/mol. The zero-order valence-corrected chi connectivity index (χ0v) is 18.5. The zero-order chi connectivity index (χ0) is 22.6. The molecule has 0 saturated carbocycles. The van der Waals surface area contributed by atoms with Gasteiger partial charge in [-0.25, -0.2) is 4.79 Å². The van der Waals surface area contributed by atoms with Gasteiger partial charge in [-0.15, -0.1) is 10.2 Å². The minimum absolute atomic E-state index is 0.00934. The number of nitrogens with zero attached hydrogens (tertiary/aromatic N) is 2. The summed E-state index contributed by atoms with van der Waals surface area (Å²) in [6, 6.07) is 10.7. The van der Waals surface area contributed by atoms with Crippen LogP contribution in [0.3, 0.4) is 0 Å². The minimum Gasteiger partial charge on any atom is -0.493 e. The molecule has 0 N–H and O–H groups in total. The average Bonchev–Trinajstić information content (AvgIpc) is 3.25. The van der Waals surface area contributed by atoms with E-state index in [0.717, 1.165) is 5.56 Å². The number of methoxy groups -OCH3 is 3. The van der Waals surface area contributed by atoms with Crippen LogP contribution in [0.2, 0.25) is 0 Å². The molecule has 0 spiro atoms. The molecule has 0 unspecified atom stereocenters. The Morgan fingerprint density at radius 1 is 0.935 bits per heavy atom. The van der Waals surface area contributed by atoms with E-state index in [-0.39, 0.29) is 23.8 Å². The van der Waals surface area contributed by atoms with E-state index < -0.39 is 5.97 Å². The maximum Gasteiger partial charge on any atom is 0.338 e. The number of hydrogen-bond donors (Lipinski definition) is 0. The Labute approximate surface area is 181 Å². The number of hydrogen-bond acceptors (Lipinski definition) is 8. The first-order valence-corrected chi connectivity index (χ1v) is 9.67. The third-order valence-corrected chi connectivity index (χ3v) is 4.69. The van der Waals surface area contributed by atoms with E-state index in [0.29, 0.717) is 28.4 Å². The van der Waals surface area contributed by atoms with Gasteiger partial charge in [0.1, 0.15) is 0 Å². The largest absolute Gasteiger partial charge is 0.493 e. The lowest BCUT2D eigenvalue weighted by Crippen LogP contribution is -2.12. The first-order valence-electron chi connectivity index (χ1n) is 9.67. The molecule has 0 amide bonds. The molecule has 8 heteroatoms. The van der Waals surface area contributed by atoms with Gasteiger partial charge in [-0.1, -0.05) is 32.9 Å². The molecule has 0 fully saturated rings. The van der Waals surface area contributed by atoms with Crippen molar-refractivity contribution in [3.05, 3.63) is 53.4 Å². The SMILES string of the molecule is COc1cc(-c2nnc(COC(=O)c3ccc(C(C)(C)C)cc3)o2)cc(OC)c1OC. The Hall–Kier alpha value is -3.55. The smallest absolute Gasteiger partial charge is 0.338 e. The number of ether oxygens (including phenoxy) is 4. The van der Waals surface area contributed by atoms with Gasteiger partial charge in [0.2, 0.25) is 11.6 Å². The van der Waals surface area contributed by atoms with Crippen molar-refractivity contribution in [3.63, 3.8) is 0 Å². The summed E-state index contributed by atoms with van der Waals surface area (Å²) in [7, 11) is 4.57. The van der Waals surface area contributed by atoms with Gasteiger partial charge in [-0.3, -0.25) is 0 Å². The highest BCUT2D eigenvalue weighted by Crippen LogP contribution is 2.40. The van der Waals surface area contributed by atoms with Gasteiger partial charge in [-0.05, 0) is 35.2 Å². The van der Waals surface area contributed by atoms with Crippen LogP contribution in [0.4, 0.5) is 0 Å². The molecule has 0 aliphatic heterocycles. The third kappa shape index (κ3) is 4.96. The van der Waals surface area contributed by atoms with Gasteiger partial charge >= 0.3 is 5.97 Å². The van der Waals surface area contributed by atoms with Crippen LogP contribution in [0.15, 0.2) is 40.8 Å². The van der Waals surface area contributed by atoms with E-state index in [1.165, 1.54) is 21.3 Å². The summed E-state index contributed by atoms with van der Waals surface area (Å²) in [5.74, 6) is 1.32. The predicted molar refractivity (Wildman–Crippen MR) is 114 cm³/mol. The van der Waals surface area contributed by atoms with Crippen molar-refractivity contribution in [2.75, 3.05) is 21.3 Å². The van der Waals surface area contributed by atoms with Crippen LogP contribution in [0.25, 0.3) is 11.5 Å². The molecule has 2 aromatic carbocycles. The van der Waals surface area contributed by atoms with E-state index in [1.54, 1.807) is 24.3 Å². The number of rotatable bonds is 7. The standard InChI is InChI=1S/C23H26N2O6/c1-23(2,3)16-9-7-14(8-10-16)22(26)30-13-19-24-25-21(31-19)15-11-17(27-4)20(29-6)18(12-15)28-5/h7-12H,13H2,1-6H3. The Morgan fingerprint density at radius 2 is 1.55 bits per heavy atom. The van der Waals surface area contributed by atoms with Crippen molar-refractivity contribution in [1.29, 1.82) is 0 Å². The molecule has 31 heavy (non-hydrogen) atoms. The summed E-state index contributed by atoms with van der Waals surface area (Å²) >= 11 is 0. The van der Waals surface area contributed by atoms with Gasteiger partial charge in [0.05, 0.1) is 26.9 Å². The Kier molecular flexibility index (Phi) is 6.48. The molecule has 1 heterocycles. The van der Waals surface area contributed by atoms with Crippen molar-refractivity contribution >= 4 is 5.97 Å². The van der Waals surface area contributed by atoms with Crippen LogP contribution < -0.4 is 14.2 Å². The highest BCUT2D eigenvalue weighted by Gasteiger charge is 2.19. The van der Waals surface area contributed by atoms with Gasteiger partial charge < -0.3 is 23.4 Å². The lowest BCUT2D eigenvalue weighted by molar-refractivity contribution is 0.0438. The number of carbonyl (C=O) groups excluding carboxylic acids is 1. The quantitative estimate of drug-likeness (QED) is 0.513. The van der Waals surface area contributed by atoms with Crippen LogP contribution in [0.5, 0.6) is 17.2 Å². The number of esters is 1. The van der Waals surface area contributed by atoms with E-state index >= 15 is 0 Å².